The minimum Gasteiger partial charge on any atom is -0.287 e. The van der Waals surface area contributed by atoms with Crippen LogP contribution in [0.5, 0.6) is 0 Å². The van der Waals surface area contributed by atoms with Gasteiger partial charge in [-0.3, -0.25) is 9.69 Å². The van der Waals surface area contributed by atoms with E-state index in [2.05, 4.69) is 24.0 Å². The Balaban J connectivity index is 1.91. The number of carbonyl (C=O) groups excluding carboxylic acids is 1. The lowest BCUT2D eigenvalue weighted by atomic mass is 10.1. The van der Waals surface area contributed by atoms with Crippen molar-refractivity contribution in [1.82, 2.24) is 4.90 Å². The van der Waals surface area contributed by atoms with Gasteiger partial charge in [0.05, 0.1) is 10.6 Å². The van der Waals surface area contributed by atoms with E-state index in [9.17, 15) is 4.79 Å². The summed E-state index contributed by atoms with van der Waals surface area (Å²) >= 11 is 1.44. The molecule has 1 fully saturated rings. The number of benzene rings is 2. The quantitative estimate of drug-likeness (QED) is 0.745. The van der Waals surface area contributed by atoms with Crippen molar-refractivity contribution in [3.05, 3.63) is 70.1 Å². The van der Waals surface area contributed by atoms with E-state index in [4.69, 9.17) is 0 Å². The molecule has 1 heterocycles. The van der Waals surface area contributed by atoms with Crippen LogP contribution in [-0.4, -0.2) is 22.5 Å². The molecule has 1 aliphatic heterocycles. The van der Waals surface area contributed by atoms with Crippen LogP contribution in [0.3, 0.4) is 0 Å². The molecule has 0 aliphatic carbocycles. The second kappa shape index (κ2) is 7.05. The number of aliphatic imine (C=N–C) groups is 1. The first-order chi connectivity index (χ1) is 11.6. The van der Waals surface area contributed by atoms with Gasteiger partial charge in [0.1, 0.15) is 0 Å². The summed E-state index contributed by atoms with van der Waals surface area (Å²) < 4.78 is 0. The van der Waals surface area contributed by atoms with E-state index in [0.29, 0.717) is 11.4 Å². The molecule has 122 valence electrons. The third kappa shape index (κ3) is 3.60. The Morgan fingerprint density at radius 1 is 1.00 bits per heavy atom. The highest BCUT2D eigenvalue weighted by molar-refractivity contribution is 8.18. The standard InChI is InChI=1S/C20H20N2OS/c1-4-22-19(23)18(13-16-9-5-14(2)6-10-16)24-20(22)21-17-11-7-15(3)8-12-17/h5-13H,4H2,1-3H3/b18-13+,21-20?. The zero-order chi connectivity index (χ0) is 17.1. The number of amides is 1. The summed E-state index contributed by atoms with van der Waals surface area (Å²) in [4.78, 5) is 19.7. The van der Waals surface area contributed by atoms with Crippen LogP contribution in [0.25, 0.3) is 6.08 Å². The highest BCUT2D eigenvalue weighted by atomic mass is 32.2. The molecule has 0 unspecified atom stereocenters. The van der Waals surface area contributed by atoms with Gasteiger partial charge in [-0.1, -0.05) is 47.5 Å². The van der Waals surface area contributed by atoms with Crippen LogP contribution >= 0.6 is 11.8 Å². The first-order valence-corrected chi connectivity index (χ1v) is 8.82. The molecule has 0 atom stereocenters. The van der Waals surface area contributed by atoms with Crippen LogP contribution in [0.2, 0.25) is 0 Å². The van der Waals surface area contributed by atoms with Crippen LogP contribution in [-0.2, 0) is 4.79 Å². The molecule has 0 spiro atoms. The Morgan fingerprint density at radius 2 is 1.58 bits per heavy atom. The maximum atomic E-state index is 12.6. The maximum Gasteiger partial charge on any atom is 0.266 e. The molecule has 0 N–H and O–H groups in total. The third-order valence-electron chi connectivity index (χ3n) is 3.84. The van der Waals surface area contributed by atoms with Crippen molar-refractivity contribution in [2.24, 2.45) is 4.99 Å². The highest BCUT2D eigenvalue weighted by Crippen LogP contribution is 2.34. The van der Waals surface area contributed by atoms with Crippen molar-refractivity contribution in [2.45, 2.75) is 20.8 Å². The number of likely N-dealkylation sites (N-methyl/N-ethyl adjacent to an activating group) is 1. The molecular formula is C20H20N2OS. The molecule has 0 bridgehead atoms. The van der Waals surface area contributed by atoms with Crippen molar-refractivity contribution < 1.29 is 4.79 Å². The summed E-state index contributed by atoms with van der Waals surface area (Å²) in [6, 6.07) is 16.2. The number of nitrogens with zero attached hydrogens (tertiary/aromatic N) is 2. The molecule has 1 amide bonds. The summed E-state index contributed by atoms with van der Waals surface area (Å²) in [6.07, 6.45) is 1.94. The minimum atomic E-state index is 0.0222. The Labute approximate surface area is 147 Å². The van der Waals surface area contributed by atoms with Crippen molar-refractivity contribution in [2.75, 3.05) is 6.54 Å². The Hall–Kier alpha value is -2.33. The molecule has 0 aromatic heterocycles. The fraction of sp³-hybridized carbons (Fsp3) is 0.200. The number of amidine groups is 1. The minimum absolute atomic E-state index is 0.0222. The van der Waals surface area contributed by atoms with E-state index in [0.717, 1.165) is 16.4 Å². The number of hydrogen-bond acceptors (Lipinski definition) is 3. The molecule has 24 heavy (non-hydrogen) atoms. The van der Waals surface area contributed by atoms with Crippen LogP contribution < -0.4 is 0 Å². The lowest BCUT2D eigenvalue weighted by Crippen LogP contribution is -2.28. The van der Waals surface area contributed by atoms with Crippen molar-refractivity contribution in [3.8, 4) is 0 Å². The first kappa shape index (κ1) is 16.5. The van der Waals surface area contributed by atoms with Crippen LogP contribution in [0, 0.1) is 13.8 Å². The number of hydrogen-bond donors (Lipinski definition) is 0. The van der Waals surface area contributed by atoms with Gasteiger partial charge in [0.2, 0.25) is 0 Å². The number of carbonyl (C=O) groups is 1. The van der Waals surface area contributed by atoms with E-state index >= 15 is 0 Å². The third-order valence-corrected chi connectivity index (χ3v) is 4.84. The number of aryl methyl sites for hydroxylation is 2. The SMILES string of the molecule is CCN1C(=O)/C(=C\c2ccc(C)cc2)SC1=Nc1ccc(C)cc1. The van der Waals surface area contributed by atoms with Gasteiger partial charge < -0.3 is 0 Å². The Kier molecular flexibility index (Phi) is 4.86. The molecule has 0 radical (unpaired) electrons. The zero-order valence-corrected chi connectivity index (χ0v) is 14.9. The summed E-state index contributed by atoms with van der Waals surface area (Å²) in [5.41, 5.74) is 4.30. The number of rotatable bonds is 3. The molecule has 3 nitrogen and oxygen atoms in total. The van der Waals surface area contributed by atoms with Gasteiger partial charge in [-0.05, 0) is 56.3 Å². The van der Waals surface area contributed by atoms with Crippen LogP contribution in [0.1, 0.15) is 23.6 Å². The molecule has 2 aromatic rings. The average Bonchev–Trinajstić information content (AvgIpc) is 2.86. The van der Waals surface area contributed by atoms with Gasteiger partial charge in [-0.15, -0.1) is 0 Å². The molecule has 4 heteroatoms. The van der Waals surface area contributed by atoms with E-state index in [-0.39, 0.29) is 5.91 Å². The van der Waals surface area contributed by atoms with E-state index in [1.54, 1.807) is 4.90 Å². The maximum absolute atomic E-state index is 12.6. The Bertz CT molecular complexity index is 805. The predicted octanol–water partition coefficient (Wildman–Crippen LogP) is 4.93. The van der Waals surface area contributed by atoms with Gasteiger partial charge in [0, 0.05) is 6.54 Å². The van der Waals surface area contributed by atoms with Gasteiger partial charge in [0.25, 0.3) is 5.91 Å². The smallest absolute Gasteiger partial charge is 0.266 e. The van der Waals surface area contributed by atoms with Gasteiger partial charge in [0.15, 0.2) is 5.17 Å². The van der Waals surface area contributed by atoms with Crippen LogP contribution in [0.4, 0.5) is 5.69 Å². The van der Waals surface area contributed by atoms with E-state index in [1.165, 1.54) is 22.9 Å². The fourth-order valence-electron chi connectivity index (χ4n) is 2.41. The topological polar surface area (TPSA) is 32.7 Å². The second-order valence-electron chi connectivity index (χ2n) is 5.80. The number of thioether (sulfide) groups is 1. The predicted molar refractivity (Wildman–Crippen MR) is 102 cm³/mol. The summed E-state index contributed by atoms with van der Waals surface area (Å²) in [5, 5.41) is 0.740. The monoisotopic (exact) mass is 336 g/mol. The molecule has 3 rings (SSSR count). The largest absolute Gasteiger partial charge is 0.287 e. The zero-order valence-electron chi connectivity index (χ0n) is 14.1. The van der Waals surface area contributed by atoms with E-state index < -0.39 is 0 Å². The van der Waals surface area contributed by atoms with Gasteiger partial charge in [-0.2, -0.15) is 0 Å². The summed E-state index contributed by atoms with van der Waals surface area (Å²) in [7, 11) is 0. The van der Waals surface area contributed by atoms with Gasteiger partial charge in [-0.25, -0.2) is 4.99 Å². The lowest BCUT2D eigenvalue weighted by Gasteiger charge is -2.12. The normalized spacial score (nSPS) is 18.0. The molecule has 0 saturated carbocycles. The van der Waals surface area contributed by atoms with E-state index in [1.807, 2.05) is 56.3 Å². The van der Waals surface area contributed by atoms with Crippen molar-refractivity contribution in [3.63, 3.8) is 0 Å². The first-order valence-electron chi connectivity index (χ1n) is 8.00. The molecule has 1 saturated heterocycles. The van der Waals surface area contributed by atoms with Crippen molar-refractivity contribution >= 4 is 34.6 Å². The Morgan fingerprint density at radius 3 is 2.17 bits per heavy atom. The summed E-state index contributed by atoms with van der Waals surface area (Å²) in [5.74, 6) is 0.0222. The molecule has 1 aliphatic rings. The molecular weight excluding hydrogens is 316 g/mol. The lowest BCUT2D eigenvalue weighted by molar-refractivity contribution is -0.122. The van der Waals surface area contributed by atoms with Gasteiger partial charge >= 0.3 is 0 Å². The highest BCUT2D eigenvalue weighted by Gasteiger charge is 2.32. The van der Waals surface area contributed by atoms with Crippen LogP contribution in [0.15, 0.2) is 58.4 Å². The second-order valence-corrected chi connectivity index (χ2v) is 6.81. The fourth-order valence-corrected chi connectivity index (χ4v) is 3.48. The molecule has 2 aromatic carbocycles. The average molecular weight is 336 g/mol. The summed E-state index contributed by atoms with van der Waals surface area (Å²) in [6.45, 7) is 6.68. The van der Waals surface area contributed by atoms with Crippen molar-refractivity contribution in [1.29, 1.82) is 0 Å².